The van der Waals surface area contributed by atoms with Crippen molar-refractivity contribution in [3.05, 3.63) is 46.5 Å². The van der Waals surface area contributed by atoms with Gasteiger partial charge in [-0.1, -0.05) is 42.1 Å². The maximum Gasteiger partial charge on any atom is 0.191 e. The molecule has 29 heavy (non-hydrogen) atoms. The fourth-order valence-electron chi connectivity index (χ4n) is 3.33. The summed E-state index contributed by atoms with van der Waals surface area (Å²) in [5.41, 5.74) is 1.78. The van der Waals surface area contributed by atoms with E-state index in [-0.39, 0.29) is 11.5 Å². The second-order valence-electron chi connectivity index (χ2n) is 7.47. The molecule has 0 radical (unpaired) electrons. The third-order valence-corrected chi connectivity index (χ3v) is 7.05. The van der Waals surface area contributed by atoms with Crippen LogP contribution in [0.3, 0.4) is 0 Å². The molecule has 2 aliphatic carbocycles. The van der Waals surface area contributed by atoms with Crippen LogP contribution in [-0.4, -0.2) is 31.3 Å². The predicted molar refractivity (Wildman–Crippen MR) is 112 cm³/mol. The standard InChI is InChI=1S/C21H19N5OS2/c22-10-16(20-23-17(11-28-20)13-4-2-1-3-5-13)18(27)12-29-21-25-24-19(14-6-7-14)26(21)15-8-9-15/h1-5,11,14-16H,6-9,12H2/t16-/m0/s1. The lowest BCUT2D eigenvalue weighted by Crippen LogP contribution is -2.14. The second kappa shape index (κ2) is 7.73. The van der Waals surface area contributed by atoms with Crippen molar-refractivity contribution in [2.45, 2.75) is 48.7 Å². The van der Waals surface area contributed by atoms with Gasteiger partial charge in [0.05, 0.1) is 17.5 Å². The molecule has 0 saturated heterocycles. The van der Waals surface area contributed by atoms with Crippen molar-refractivity contribution in [3.63, 3.8) is 0 Å². The van der Waals surface area contributed by atoms with Gasteiger partial charge in [0, 0.05) is 22.9 Å². The third kappa shape index (κ3) is 3.85. The normalized spacial score (nSPS) is 17.1. The van der Waals surface area contributed by atoms with Crippen LogP contribution in [0.1, 0.15) is 54.4 Å². The molecule has 0 unspecified atom stereocenters. The van der Waals surface area contributed by atoms with E-state index in [0.717, 1.165) is 35.1 Å². The summed E-state index contributed by atoms with van der Waals surface area (Å²) in [5, 5.41) is 21.6. The highest BCUT2D eigenvalue weighted by molar-refractivity contribution is 7.99. The zero-order valence-corrected chi connectivity index (χ0v) is 17.3. The summed E-state index contributed by atoms with van der Waals surface area (Å²) in [6.07, 6.45) is 4.67. The fourth-order valence-corrected chi connectivity index (χ4v) is 5.14. The van der Waals surface area contributed by atoms with E-state index in [9.17, 15) is 10.1 Å². The predicted octanol–water partition coefficient (Wildman–Crippen LogP) is 4.58. The van der Waals surface area contributed by atoms with Crippen molar-refractivity contribution >= 4 is 28.9 Å². The van der Waals surface area contributed by atoms with Crippen LogP contribution in [0.2, 0.25) is 0 Å². The van der Waals surface area contributed by atoms with E-state index in [2.05, 4.69) is 25.8 Å². The Bertz CT molecular complexity index is 1080. The number of rotatable bonds is 8. The number of hydrogen-bond acceptors (Lipinski definition) is 7. The number of carbonyl (C=O) groups excluding carboxylic acids is 1. The summed E-state index contributed by atoms with van der Waals surface area (Å²) in [6.45, 7) is 0. The van der Waals surface area contributed by atoms with E-state index in [1.54, 1.807) is 0 Å². The van der Waals surface area contributed by atoms with Gasteiger partial charge in [-0.2, -0.15) is 5.26 Å². The minimum atomic E-state index is -0.842. The van der Waals surface area contributed by atoms with Gasteiger partial charge in [0.25, 0.3) is 0 Å². The Morgan fingerprint density at radius 3 is 2.72 bits per heavy atom. The molecule has 1 aromatic carbocycles. The Labute approximate surface area is 177 Å². The minimum absolute atomic E-state index is 0.134. The number of hydrogen-bond donors (Lipinski definition) is 0. The average Bonchev–Trinajstić information content (AvgIpc) is 3.68. The number of carbonyl (C=O) groups is 1. The summed E-state index contributed by atoms with van der Waals surface area (Å²) in [5.74, 6) is 0.835. The zero-order valence-electron chi connectivity index (χ0n) is 15.7. The first-order valence-electron chi connectivity index (χ1n) is 9.75. The van der Waals surface area contributed by atoms with Crippen LogP contribution >= 0.6 is 23.1 Å². The van der Waals surface area contributed by atoms with E-state index in [0.29, 0.717) is 17.0 Å². The van der Waals surface area contributed by atoms with Crippen LogP contribution in [0, 0.1) is 11.3 Å². The molecule has 1 atom stereocenters. The average molecular weight is 422 g/mol. The van der Waals surface area contributed by atoms with E-state index in [1.807, 2.05) is 35.7 Å². The van der Waals surface area contributed by atoms with Crippen molar-refractivity contribution < 1.29 is 4.79 Å². The highest BCUT2D eigenvalue weighted by Crippen LogP contribution is 2.46. The molecule has 2 aliphatic rings. The molecule has 0 bridgehead atoms. The summed E-state index contributed by atoms with van der Waals surface area (Å²) in [7, 11) is 0. The van der Waals surface area contributed by atoms with Crippen LogP contribution < -0.4 is 0 Å². The molecule has 0 N–H and O–H groups in total. The van der Waals surface area contributed by atoms with Crippen LogP contribution in [0.5, 0.6) is 0 Å². The van der Waals surface area contributed by atoms with E-state index in [1.165, 1.54) is 35.9 Å². The van der Waals surface area contributed by atoms with Crippen molar-refractivity contribution in [1.82, 2.24) is 19.7 Å². The first-order valence-corrected chi connectivity index (χ1v) is 11.6. The Morgan fingerprint density at radius 1 is 1.24 bits per heavy atom. The number of nitrogens with zero attached hydrogens (tertiary/aromatic N) is 5. The summed E-state index contributed by atoms with van der Waals surface area (Å²) >= 11 is 2.76. The molecule has 5 rings (SSSR count). The molecule has 8 heteroatoms. The number of Topliss-reactive ketones (excluding diaryl/α,β-unsaturated/α-hetero) is 1. The van der Waals surface area contributed by atoms with Crippen LogP contribution in [-0.2, 0) is 4.79 Å². The van der Waals surface area contributed by atoms with Gasteiger partial charge in [-0.05, 0) is 25.7 Å². The van der Waals surface area contributed by atoms with Crippen LogP contribution in [0.15, 0.2) is 40.9 Å². The monoisotopic (exact) mass is 421 g/mol. The molecule has 2 saturated carbocycles. The number of ketones is 1. The summed E-state index contributed by atoms with van der Waals surface area (Å²) in [4.78, 5) is 17.4. The molecular formula is C21H19N5OS2. The smallest absolute Gasteiger partial charge is 0.191 e. The molecular weight excluding hydrogens is 402 g/mol. The molecule has 6 nitrogen and oxygen atoms in total. The highest BCUT2D eigenvalue weighted by Gasteiger charge is 2.36. The van der Waals surface area contributed by atoms with E-state index < -0.39 is 5.92 Å². The SMILES string of the molecule is N#C[C@@H](C(=O)CSc1nnc(C2CC2)n1C1CC1)c1nc(-c2ccccc2)cs1. The van der Waals surface area contributed by atoms with Gasteiger partial charge in [-0.3, -0.25) is 4.79 Å². The van der Waals surface area contributed by atoms with Gasteiger partial charge < -0.3 is 4.57 Å². The van der Waals surface area contributed by atoms with Crippen molar-refractivity contribution in [2.24, 2.45) is 0 Å². The number of thioether (sulfide) groups is 1. The topological polar surface area (TPSA) is 84.5 Å². The molecule has 3 aromatic rings. The van der Waals surface area contributed by atoms with Crippen LogP contribution in [0.4, 0.5) is 0 Å². The number of thiazole rings is 1. The van der Waals surface area contributed by atoms with Crippen molar-refractivity contribution in [1.29, 1.82) is 5.26 Å². The molecule has 0 amide bonds. The van der Waals surface area contributed by atoms with Gasteiger partial charge >= 0.3 is 0 Å². The maximum atomic E-state index is 12.8. The van der Waals surface area contributed by atoms with Gasteiger partial charge in [0.2, 0.25) is 0 Å². The van der Waals surface area contributed by atoms with Gasteiger partial charge in [0.15, 0.2) is 16.9 Å². The van der Waals surface area contributed by atoms with Crippen molar-refractivity contribution in [2.75, 3.05) is 5.75 Å². The lowest BCUT2D eigenvalue weighted by molar-refractivity contribution is -0.116. The first-order chi connectivity index (χ1) is 14.2. The van der Waals surface area contributed by atoms with E-state index in [4.69, 9.17) is 0 Å². The van der Waals surface area contributed by atoms with Gasteiger partial charge in [-0.15, -0.1) is 21.5 Å². The number of aromatic nitrogens is 4. The van der Waals surface area contributed by atoms with Gasteiger partial charge in [-0.25, -0.2) is 4.98 Å². The van der Waals surface area contributed by atoms with Crippen LogP contribution in [0.25, 0.3) is 11.3 Å². The Hall–Kier alpha value is -2.50. The molecule has 2 heterocycles. The second-order valence-corrected chi connectivity index (χ2v) is 9.30. The largest absolute Gasteiger partial charge is 0.303 e. The number of benzene rings is 1. The maximum absolute atomic E-state index is 12.8. The van der Waals surface area contributed by atoms with Gasteiger partial charge in [0.1, 0.15) is 10.8 Å². The molecule has 2 aromatic heterocycles. The molecule has 0 spiro atoms. The molecule has 0 aliphatic heterocycles. The first kappa shape index (κ1) is 18.5. The Balaban J connectivity index is 1.29. The number of nitriles is 1. The summed E-state index contributed by atoms with van der Waals surface area (Å²) < 4.78 is 2.23. The Kier molecular flexibility index (Phi) is 4.94. The molecule has 2 fully saturated rings. The fraction of sp³-hybridized carbons (Fsp3) is 0.381. The quantitative estimate of drug-likeness (QED) is 0.495. The highest BCUT2D eigenvalue weighted by atomic mass is 32.2. The minimum Gasteiger partial charge on any atom is -0.303 e. The lowest BCUT2D eigenvalue weighted by Gasteiger charge is -2.08. The lowest BCUT2D eigenvalue weighted by atomic mass is 10.1. The molecule has 146 valence electrons. The third-order valence-electron chi connectivity index (χ3n) is 5.18. The zero-order chi connectivity index (χ0) is 19.8. The van der Waals surface area contributed by atoms with E-state index >= 15 is 0 Å². The Morgan fingerprint density at radius 2 is 2.03 bits per heavy atom. The summed E-state index contributed by atoms with van der Waals surface area (Å²) in [6, 6.07) is 12.4. The van der Waals surface area contributed by atoms with Crippen molar-refractivity contribution in [3.8, 4) is 17.3 Å².